The second kappa shape index (κ2) is 6.67. The maximum atomic E-state index is 6.45. The summed E-state index contributed by atoms with van der Waals surface area (Å²) in [7, 11) is 0. The highest BCUT2D eigenvalue weighted by molar-refractivity contribution is 9.08. The first-order valence-corrected chi connectivity index (χ1v) is 9.12. The summed E-state index contributed by atoms with van der Waals surface area (Å²) in [6.07, 6.45) is 5.42. The molecule has 2 nitrogen and oxygen atoms in total. The van der Waals surface area contributed by atoms with Crippen molar-refractivity contribution in [2.45, 2.75) is 37.1 Å². The van der Waals surface area contributed by atoms with E-state index in [1.807, 2.05) is 12.1 Å². The molecule has 2 fully saturated rings. The summed E-state index contributed by atoms with van der Waals surface area (Å²) in [6, 6.07) is 6.94. The molecular formula is C16H22BrClN2. The Balaban J connectivity index is 1.73. The van der Waals surface area contributed by atoms with Gasteiger partial charge in [-0.15, -0.1) is 0 Å². The third-order valence-electron chi connectivity index (χ3n) is 4.60. The lowest BCUT2D eigenvalue weighted by molar-refractivity contribution is 0.175. The van der Waals surface area contributed by atoms with E-state index in [1.165, 1.54) is 50.0 Å². The van der Waals surface area contributed by atoms with Crippen LogP contribution in [0.4, 0.5) is 5.69 Å². The lowest BCUT2D eigenvalue weighted by Gasteiger charge is -2.32. The Morgan fingerprint density at radius 1 is 1.15 bits per heavy atom. The van der Waals surface area contributed by atoms with Gasteiger partial charge in [0.1, 0.15) is 0 Å². The number of nitrogens with zero attached hydrogens (tertiary/aromatic N) is 2. The molecule has 3 rings (SSSR count). The van der Waals surface area contributed by atoms with E-state index in [9.17, 15) is 0 Å². The Kier molecular flexibility index (Phi) is 4.90. The minimum absolute atomic E-state index is 0.717. The van der Waals surface area contributed by atoms with Gasteiger partial charge < -0.3 is 4.90 Å². The molecule has 0 radical (unpaired) electrons. The van der Waals surface area contributed by atoms with Crippen molar-refractivity contribution in [2.24, 2.45) is 0 Å². The van der Waals surface area contributed by atoms with Gasteiger partial charge in [0.05, 0.1) is 10.7 Å². The van der Waals surface area contributed by atoms with Crippen LogP contribution in [0.3, 0.4) is 0 Å². The van der Waals surface area contributed by atoms with Crippen molar-refractivity contribution in [3.8, 4) is 0 Å². The van der Waals surface area contributed by atoms with Crippen LogP contribution in [0.5, 0.6) is 0 Å². The van der Waals surface area contributed by atoms with Crippen molar-refractivity contribution in [1.29, 1.82) is 0 Å². The van der Waals surface area contributed by atoms with Gasteiger partial charge in [-0.25, -0.2) is 0 Å². The summed E-state index contributed by atoms with van der Waals surface area (Å²) in [6.45, 7) is 4.83. The normalized spacial score (nSPS) is 24.3. The fraction of sp³-hybridized carbons (Fsp3) is 0.625. The lowest BCUT2D eigenvalue weighted by Crippen LogP contribution is -2.41. The molecule has 1 atom stereocenters. The summed E-state index contributed by atoms with van der Waals surface area (Å²) in [5.74, 6) is 0. The van der Waals surface area contributed by atoms with E-state index in [0.717, 1.165) is 29.5 Å². The third kappa shape index (κ3) is 3.00. The van der Waals surface area contributed by atoms with Gasteiger partial charge in [-0.2, -0.15) is 0 Å². The molecule has 0 N–H and O–H groups in total. The van der Waals surface area contributed by atoms with Crippen LogP contribution in [-0.2, 0) is 5.33 Å². The molecule has 0 bridgehead atoms. The zero-order chi connectivity index (χ0) is 13.9. The standard InChI is InChI=1S/C16H22BrClN2/c17-11-13-5-4-6-15(18)16(13)20-10-7-14(12-20)19-8-2-1-3-9-19/h4-6,14H,1-3,7-12H2. The Morgan fingerprint density at radius 2 is 1.95 bits per heavy atom. The van der Waals surface area contributed by atoms with Gasteiger partial charge in [-0.1, -0.05) is 46.1 Å². The highest BCUT2D eigenvalue weighted by Crippen LogP contribution is 2.34. The highest BCUT2D eigenvalue weighted by Gasteiger charge is 2.30. The van der Waals surface area contributed by atoms with E-state index in [2.05, 4.69) is 31.8 Å². The molecule has 4 heteroatoms. The third-order valence-corrected chi connectivity index (χ3v) is 5.51. The van der Waals surface area contributed by atoms with Gasteiger partial charge in [0.15, 0.2) is 0 Å². The van der Waals surface area contributed by atoms with Crippen molar-refractivity contribution in [1.82, 2.24) is 4.90 Å². The summed E-state index contributed by atoms with van der Waals surface area (Å²) in [4.78, 5) is 5.17. The van der Waals surface area contributed by atoms with E-state index in [4.69, 9.17) is 11.6 Å². The summed E-state index contributed by atoms with van der Waals surface area (Å²) >= 11 is 10.0. The predicted molar refractivity (Wildman–Crippen MR) is 90.1 cm³/mol. The molecule has 0 spiro atoms. The van der Waals surface area contributed by atoms with E-state index in [1.54, 1.807) is 0 Å². The van der Waals surface area contributed by atoms with Gasteiger partial charge in [0.2, 0.25) is 0 Å². The van der Waals surface area contributed by atoms with Crippen LogP contribution < -0.4 is 4.90 Å². The number of likely N-dealkylation sites (tertiary alicyclic amines) is 1. The number of alkyl halides is 1. The van der Waals surface area contributed by atoms with Crippen molar-refractivity contribution in [3.05, 3.63) is 28.8 Å². The molecule has 2 heterocycles. The van der Waals surface area contributed by atoms with E-state index in [-0.39, 0.29) is 0 Å². The van der Waals surface area contributed by atoms with Crippen molar-refractivity contribution in [3.63, 3.8) is 0 Å². The maximum absolute atomic E-state index is 6.45. The topological polar surface area (TPSA) is 6.48 Å². The molecule has 1 aromatic rings. The second-order valence-corrected chi connectivity index (χ2v) is 6.83. The average Bonchev–Trinajstić information content (AvgIpc) is 2.97. The zero-order valence-corrected chi connectivity index (χ0v) is 14.2. The number of hydrogen-bond donors (Lipinski definition) is 0. The number of piperidine rings is 1. The number of anilines is 1. The monoisotopic (exact) mass is 356 g/mol. The lowest BCUT2D eigenvalue weighted by atomic mass is 10.1. The second-order valence-electron chi connectivity index (χ2n) is 5.87. The van der Waals surface area contributed by atoms with Crippen LogP contribution >= 0.6 is 27.5 Å². The molecule has 2 aliphatic rings. The molecule has 2 saturated heterocycles. The Bertz CT molecular complexity index is 460. The molecule has 1 unspecified atom stereocenters. The first kappa shape index (κ1) is 14.7. The van der Waals surface area contributed by atoms with Crippen LogP contribution in [0.15, 0.2) is 18.2 Å². The fourth-order valence-corrected chi connectivity index (χ4v) is 4.31. The Morgan fingerprint density at radius 3 is 2.70 bits per heavy atom. The molecule has 0 aliphatic carbocycles. The minimum Gasteiger partial charge on any atom is -0.368 e. The van der Waals surface area contributed by atoms with Crippen molar-refractivity contribution >= 4 is 33.2 Å². The van der Waals surface area contributed by atoms with E-state index >= 15 is 0 Å². The summed E-state index contributed by atoms with van der Waals surface area (Å²) in [5, 5.41) is 1.76. The van der Waals surface area contributed by atoms with E-state index in [0.29, 0.717) is 0 Å². The van der Waals surface area contributed by atoms with Gasteiger partial charge in [0, 0.05) is 24.5 Å². The van der Waals surface area contributed by atoms with Crippen molar-refractivity contribution < 1.29 is 0 Å². The van der Waals surface area contributed by atoms with Gasteiger partial charge in [0.25, 0.3) is 0 Å². The number of benzene rings is 1. The first-order chi connectivity index (χ1) is 9.79. The maximum Gasteiger partial charge on any atom is 0.0642 e. The predicted octanol–water partition coefficient (Wildman–Crippen LogP) is 4.30. The van der Waals surface area contributed by atoms with Gasteiger partial charge in [-0.3, -0.25) is 4.90 Å². The van der Waals surface area contributed by atoms with Crippen LogP contribution in [-0.4, -0.2) is 37.1 Å². The number of hydrogen-bond acceptors (Lipinski definition) is 2. The first-order valence-electron chi connectivity index (χ1n) is 7.62. The summed E-state index contributed by atoms with van der Waals surface area (Å²) in [5.41, 5.74) is 2.54. The zero-order valence-electron chi connectivity index (χ0n) is 11.8. The van der Waals surface area contributed by atoms with Crippen LogP contribution in [0.25, 0.3) is 0 Å². The quantitative estimate of drug-likeness (QED) is 0.744. The molecule has 0 aromatic heterocycles. The van der Waals surface area contributed by atoms with Crippen molar-refractivity contribution in [2.75, 3.05) is 31.1 Å². The Labute approximate surface area is 135 Å². The number of para-hydroxylation sites is 1. The van der Waals surface area contributed by atoms with Gasteiger partial charge in [-0.05, 0) is 44.0 Å². The van der Waals surface area contributed by atoms with E-state index < -0.39 is 0 Å². The number of halogens is 2. The van der Waals surface area contributed by atoms with Crippen LogP contribution in [0, 0.1) is 0 Å². The molecular weight excluding hydrogens is 336 g/mol. The largest absolute Gasteiger partial charge is 0.368 e. The molecule has 1 aromatic carbocycles. The molecule has 110 valence electrons. The van der Waals surface area contributed by atoms with Crippen LogP contribution in [0.1, 0.15) is 31.2 Å². The molecule has 20 heavy (non-hydrogen) atoms. The SMILES string of the molecule is Clc1cccc(CBr)c1N1CCC(N2CCCCC2)C1. The van der Waals surface area contributed by atoms with Crippen LogP contribution in [0.2, 0.25) is 5.02 Å². The average molecular weight is 358 g/mol. The smallest absolute Gasteiger partial charge is 0.0642 e. The van der Waals surface area contributed by atoms with Gasteiger partial charge >= 0.3 is 0 Å². The molecule has 2 aliphatic heterocycles. The Hall–Kier alpha value is -0.250. The number of rotatable bonds is 3. The summed E-state index contributed by atoms with van der Waals surface area (Å²) < 4.78 is 0. The molecule has 0 amide bonds. The minimum atomic E-state index is 0.717. The molecule has 0 saturated carbocycles. The highest BCUT2D eigenvalue weighted by atomic mass is 79.9. The fourth-order valence-electron chi connectivity index (χ4n) is 3.55.